The highest BCUT2D eigenvalue weighted by atomic mass is 35.5. The van der Waals surface area contributed by atoms with Gasteiger partial charge in [-0.25, -0.2) is 18.1 Å². The lowest BCUT2D eigenvalue weighted by molar-refractivity contribution is 0.411. The van der Waals surface area contributed by atoms with E-state index in [-0.39, 0.29) is 22.3 Å². The van der Waals surface area contributed by atoms with E-state index >= 15 is 0 Å². The van der Waals surface area contributed by atoms with E-state index in [4.69, 9.17) is 17.3 Å². The van der Waals surface area contributed by atoms with Gasteiger partial charge in [-0.3, -0.25) is 0 Å². The molecule has 2 aromatic rings. The molecule has 0 aliphatic carbocycles. The van der Waals surface area contributed by atoms with Gasteiger partial charge in [-0.1, -0.05) is 16.8 Å². The summed E-state index contributed by atoms with van der Waals surface area (Å²) in [6.07, 6.45) is 2.48. The summed E-state index contributed by atoms with van der Waals surface area (Å²) in [5.74, 6) is 0.0760. The van der Waals surface area contributed by atoms with Crippen molar-refractivity contribution in [1.29, 1.82) is 0 Å². The Balaban J connectivity index is 2.17. The van der Waals surface area contributed by atoms with Gasteiger partial charge in [0.15, 0.2) is 0 Å². The van der Waals surface area contributed by atoms with Crippen LogP contribution in [0.1, 0.15) is 5.69 Å². The molecule has 18 heavy (non-hydrogen) atoms. The molecule has 0 unspecified atom stereocenters. The molecular weight excluding hydrogens is 280 g/mol. The average Bonchev–Trinajstić information content (AvgIpc) is 2.83. The van der Waals surface area contributed by atoms with Crippen LogP contribution in [0.25, 0.3) is 0 Å². The first-order valence-corrected chi connectivity index (χ1v) is 6.65. The quantitative estimate of drug-likeness (QED) is 0.860. The SMILES string of the molecule is Nc1ncc(S(=O)(=O)NCc2ccon2)cc1Cl. The molecule has 7 nitrogen and oxygen atoms in total. The average molecular weight is 289 g/mol. The van der Waals surface area contributed by atoms with Gasteiger partial charge in [0, 0.05) is 12.3 Å². The van der Waals surface area contributed by atoms with E-state index in [1.165, 1.54) is 12.3 Å². The first-order chi connectivity index (χ1) is 8.49. The number of hydrogen-bond donors (Lipinski definition) is 2. The Morgan fingerprint density at radius 1 is 1.50 bits per heavy atom. The largest absolute Gasteiger partial charge is 0.382 e. The lowest BCUT2D eigenvalue weighted by atomic mass is 10.4. The summed E-state index contributed by atoms with van der Waals surface area (Å²) < 4.78 is 30.7. The predicted octanol–water partition coefficient (Wildman–Crippen LogP) is 0.784. The van der Waals surface area contributed by atoms with Gasteiger partial charge >= 0.3 is 0 Å². The number of nitrogens with zero attached hydrogens (tertiary/aromatic N) is 2. The molecule has 0 aliphatic heterocycles. The predicted molar refractivity (Wildman–Crippen MR) is 64.2 cm³/mol. The van der Waals surface area contributed by atoms with E-state index in [1.807, 2.05) is 0 Å². The molecule has 2 aromatic heterocycles. The first-order valence-electron chi connectivity index (χ1n) is 4.79. The summed E-state index contributed by atoms with van der Waals surface area (Å²) in [4.78, 5) is 3.62. The molecule has 9 heteroatoms. The van der Waals surface area contributed by atoms with Crippen LogP contribution in [0.2, 0.25) is 5.02 Å². The molecular formula is C9H9ClN4O3S. The van der Waals surface area contributed by atoms with Crippen LogP contribution in [0.3, 0.4) is 0 Å². The molecule has 0 atom stereocenters. The van der Waals surface area contributed by atoms with E-state index in [1.54, 1.807) is 6.07 Å². The Bertz CT molecular complexity index is 642. The van der Waals surface area contributed by atoms with Crippen molar-refractivity contribution in [1.82, 2.24) is 14.9 Å². The summed E-state index contributed by atoms with van der Waals surface area (Å²) in [5, 5.41) is 3.66. The molecule has 0 spiro atoms. The standard InChI is InChI=1S/C9H9ClN4O3S/c10-8-3-7(5-12-9(8)11)18(15,16)13-4-6-1-2-17-14-6/h1-3,5,13H,4H2,(H2,11,12). The Morgan fingerprint density at radius 3 is 2.89 bits per heavy atom. The number of rotatable bonds is 4. The number of aromatic nitrogens is 2. The van der Waals surface area contributed by atoms with Gasteiger partial charge in [-0.15, -0.1) is 0 Å². The Labute approximate surface area is 108 Å². The van der Waals surface area contributed by atoms with Crippen LogP contribution in [0.15, 0.2) is 34.0 Å². The second kappa shape index (κ2) is 4.92. The van der Waals surface area contributed by atoms with Crippen molar-refractivity contribution in [3.8, 4) is 0 Å². The molecule has 96 valence electrons. The second-order valence-electron chi connectivity index (χ2n) is 3.35. The van der Waals surface area contributed by atoms with Crippen LogP contribution >= 0.6 is 11.6 Å². The van der Waals surface area contributed by atoms with Crippen molar-refractivity contribution in [2.75, 3.05) is 5.73 Å². The van der Waals surface area contributed by atoms with E-state index in [9.17, 15) is 8.42 Å². The van der Waals surface area contributed by atoms with Crippen molar-refractivity contribution in [2.45, 2.75) is 11.4 Å². The molecule has 0 aromatic carbocycles. The Kier molecular flexibility index (Phi) is 3.50. The lowest BCUT2D eigenvalue weighted by Crippen LogP contribution is -2.23. The molecule has 0 fully saturated rings. The number of nitrogen functional groups attached to an aromatic ring is 1. The number of pyridine rings is 1. The zero-order chi connectivity index (χ0) is 13.2. The normalized spacial score (nSPS) is 11.6. The van der Waals surface area contributed by atoms with Crippen molar-refractivity contribution in [3.05, 3.63) is 35.3 Å². The van der Waals surface area contributed by atoms with Crippen molar-refractivity contribution in [3.63, 3.8) is 0 Å². The third-order valence-electron chi connectivity index (χ3n) is 2.09. The number of halogens is 1. The van der Waals surface area contributed by atoms with Crippen LogP contribution in [0.4, 0.5) is 5.82 Å². The molecule has 0 saturated heterocycles. The molecule has 0 aliphatic rings. The summed E-state index contributed by atoms with van der Waals surface area (Å²) >= 11 is 5.71. The highest BCUT2D eigenvalue weighted by Gasteiger charge is 2.16. The van der Waals surface area contributed by atoms with Crippen LogP contribution in [0.5, 0.6) is 0 Å². The van der Waals surface area contributed by atoms with Crippen LogP contribution in [0, 0.1) is 0 Å². The maximum Gasteiger partial charge on any atom is 0.242 e. The summed E-state index contributed by atoms with van der Waals surface area (Å²) in [7, 11) is -3.71. The zero-order valence-electron chi connectivity index (χ0n) is 9.00. The number of nitrogens with two attached hydrogens (primary N) is 1. The number of hydrogen-bond acceptors (Lipinski definition) is 6. The van der Waals surface area contributed by atoms with Gasteiger partial charge in [-0.05, 0) is 6.07 Å². The highest BCUT2D eigenvalue weighted by Crippen LogP contribution is 2.19. The first kappa shape index (κ1) is 12.8. The minimum absolute atomic E-state index is 0.0147. The summed E-state index contributed by atoms with van der Waals surface area (Å²) in [5.41, 5.74) is 5.87. The number of nitrogens with one attached hydrogen (secondary N) is 1. The van der Waals surface area contributed by atoms with Gasteiger partial charge in [0.1, 0.15) is 17.0 Å². The van der Waals surface area contributed by atoms with E-state index in [2.05, 4.69) is 19.4 Å². The van der Waals surface area contributed by atoms with Crippen LogP contribution in [-0.2, 0) is 16.6 Å². The van der Waals surface area contributed by atoms with Crippen LogP contribution in [-0.4, -0.2) is 18.6 Å². The van der Waals surface area contributed by atoms with Gasteiger partial charge in [0.2, 0.25) is 10.0 Å². The topological polar surface area (TPSA) is 111 Å². The highest BCUT2D eigenvalue weighted by molar-refractivity contribution is 7.89. The zero-order valence-corrected chi connectivity index (χ0v) is 10.6. The van der Waals surface area contributed by atoms with Crippen molar-refractivity contribution >= 4 is 27.4 Å². The van der Waals surface area contributed by atoms with Crippen LogP contribution < -0.4 is 10.5 Å². The Hall–Kier alpha value is -1.64. The maximum absolute atomic E-state index is 11.9. The third kappa shape index (κ3) is 2.78. The number of anilines is 1. The lowest BCUT2D eigenvalue weighted by Gasteiger charge is -2.05. The van der Waals surface area contributed by atoms with Gasteiger partial charge in [0.25, 0.3) is 0 Å². The molecule has 2 rings (SSSR count). The van der Waals surface area contributed by atoms with Gasteiger partial charge < -0.3 is 10.3 Å². The molecule has 0 radical (unpaired) electrons. The van der Waals surface area contributed by atoms with Gasteiger partial charge in [0.05, 0.1) is 17.3 Å². The third-order valence-corrected chi connectivity index (χ3v) is 3.76. The van der Waals surface area contributed by atoms with Crippen molar-refractivity contribution < 1.29 is 12.9 Å². The van der Waals surface area contributed by atoms with Gasteiger partial charge in [-0.2, -0.15) is 0 Å². The minimum Gasteiger partial charge on any atom is -0.382 e. The fraction of sp³-hybridized carbons (Fsp3) is 0.111. The van der Waals surface area contributed by atoms with E-state index in [0.29, 0.717) is 5.69 Å². The molecule has 2 heterocycles. The number of sulfonamides is 1. The molecule has 0 bridgehead atoms. The summed E-state index contributed by atoms with van der Waals surface area (Å²) in [6.45, 7) is 0.0147. The molecule has 0 amide bonds. The fourth-order valence-corrected chi connectivity index (χ4v) is 2.36. The minimum atomic E-state index is -3.71. The summed E-state index contributed by atoms with van der Waals surface area (Å²) in [6, 6.07) is 2.78. The Morgan fingerprint density at radius 2 is 2.28 bits per heavy atom. The van der Waals surface area contributed by atoms with Crippen molar-refractivity contribution in [2.24, 2.45) is 0 Å². The molecule has 0 saturated carbocycles. The smallest absolute Gasteiger partial charge is 0.242 e. The maximum atomic E-state index is 11.9. The fourth-order valence-electron chi connectivity index (χ4n) is 1.16. The van der Waals surface area contributed by atoms with E-state index in [0.717, 1.165) is 6.20 Å². The second-order valence-corrected chi connectivity index (χ2v) is 5.53. The van der Waals surface area contributed by atoms with E-state index < -0.39 is 10.0 Å². The monoisotopic (exact) mass is 288 g/mol. The molecule has 3 N–H and O–H groups in total.